The summed E-state index contributed by atoms with van der Waals surface area (Å²) in [5.74, 6) is -0.904. The van der Waals surface area contributed by atoms with E-state index in [0.29, 0.717) is 4.73 Å². The van der Waals surface area contributed by atoms with Crippen LogP contribution in [0.15, 0.2) is 29.2 Å². The average Bonchev–Trinajstić information content (AvgIpc) is 2.39. The van der Waals surface area contributed by atoms with Crippen molar-refractivity contribution in [3.63, 3.8) is 0 Å². The highest BCUT2D eigenvalue weighted by atomic mass is 32.2. The first-order valence-electron chi connectivity index (χ1n) is 3.92. The first-order chi connectivity index (χ1) is 6.93. The van der Waals surface area contributed by atoms with E-state index in [2.05, 4.69) is 0 Å². The van der Waals surface area contributed by atoms with Crippen molar-refractivity contribution in [1.29, 1.82) is 0 Å². The molecule has 0 bridgehead atoms. The van der Waals surface area contributed by atoms with Gasteiger partial charge in [-0.05, 0) is 6.07 Å². The van der Waals surface area contributed by atoms with Crippen LogP contribution in [0.5, 0.6) is 5.88 Å². The number of hydrogen-bond donors (Lipinski definition) is 3. The van der Waals surface area contributed by atoms with Crippen LogP contribution in [0.4, 0.5) is 0 Å². The zero-order valence-electron chi connectivity index (χ0n) is 7.32. The van der Waals surface area contributed by atoms with Crippen molar-refractivity contribution >= 4 is 21.0 Å². The molecule has 0 saturated heterocycles. The van der Waals surface area contributed by atoms with Crippen LogP contribution in [0, 0.1) is 0 Å². The van der Waals surface area contributed by atoms with Gasteiger partial charge in [0.2, 0.25) is 5.88 Å². The van der Waals surface area contributed by atoms with E-state index < -0.39 is 20.9 Å². The molecule has 1 aromatic heterocycles. The zero-order valence-corrected chi connectivity index (χ0v) is 8.14. The van der Waals surface area contributed by atoms with Crippen molar-refractivity contribution in [2.75, 3.05) is 0 Å². The molecule has 0 atom stereocenters. The van der Waals surface area contributed by atoms with Gasteiger partial charge in [-0.15, -0.1) is 0 Å². The van der Waals surface area contributed by atoms with Crippen molar-refractivity contribution in [3.05, 3.63) is 24.3 Å². The molecule has 0 unspecified atom stereocenters. The predicted octanol–water partition coefficient (Wildman–Crippen LogP) is 0.831. The molecule has 1 aromatic carbocycles. The highest BCUT2D eigenvalue weighted by Gasteiger charge is 2.25. The molecule has 3 N–H and O–H groups in total. The second kappa shape index (κ2) is 2.88. The van der Waals surface area contributed by atoms with Gasteiger partial charge >= 0.3 is 10.1 Å². The zero-order chi connectivity index (χ0) is 11.2. The molecule has 0 aliphatic carbocycles. The molecule has 0 spiro atoms. The number of aromatic nitrogens is 1. The molecule has 6 nitrogen and oxygen atoms in total. The smallest absolute Gasteiger partial charge is 0.300 e. The Balaban J connectivity index is 3.03. The molecule has 0 amide bonds. The Morgan fingerprint density at radius 1 is 1.20 bits per heavy atom. The Hall–Kier alpha value is -1.73. The number of para-hydroxylation sites is 1. The normalized spacial score (nSPS) is 12.1. The highest BCUT2D eigenvalue weighted by molar-refractivity contribution is 7.86. The summed E-state index contributed by atoms with van der Waals surface area (Å²) >= 11 is 0. The Morgan fingerprint density at radius 3 is 2.40 bits per heavy atom. The monoisotopic (exact) mass is 229 g/mol. The van der Waals surface area contributed by atoms with Gasteiger partial charge in [-0.1, -0.05) is 18.2 Å². The van der Waals surface area contributed by atoms with Crippen molar-refractivity contribution in [1.82, 2.24) is 4.73 Å². The van der Waals surface area contributed by atoms with Gasteiger partial charge in [0.25, 0.3) is 0 Å². The molecule has 7 heteroatoms. The van der Waals surface area contributed by atoms with E-state index in [-0.39, 0.29) is 10.9 Å². The molecule has 15 heavy (non-hydrogen) atoms. The summed E-state index contributed by atoms with van der Waals surface area (Å²) in [7, 11) is -4.57. The summed E-state index contributed by atoms with van der Waals surface area (Å²) in [6.45, 7) is 0. The van der Waals surface area contributed by atoms with Crippen molar-refractivity contribution in [2.24, 2.45) is 0 Å². The molecule has 2 aromatic rings. The molecule has 0 saturated carbocycles. The fraction of sp³-hybridized carbons (Fsp3) is 0. The Labute approximate surface area is 84.7 Å². The Kier molecular flexibility index (Phi) is 1.88. The van der Waals surface area contributed by atoms with Crippen LogP contribution in [-0.4, -0.2) is 28.0 Å². The fourth-order valence-electron chi connectivity index (χ4n) is 1.44. The van der Waals surface area contributed by atoms with Crippen LogP contribution in [0.25, 0.3) is 10.9 Å². The molecule has 0 aliphatic rings. The maximum absolute atomic E-state index is 11.0. The molecule has 80 valence electrons. The minimum Gasteiger partial charge on any atom is -0.491 e. The summed E-state index contributed by atoms with van der Waals surface area (Å²) in [6, 6.07) is 5.85. The maximum Gasteiger partial charge on any atom is 0.300 e. The summed E-state index contributed by atoms with van der Waals surface area (Å²) in [4.78, 5) is -0.694. The molecule has 0 radical (unpaired) electrons. The minimum absolute atomic E-state index is 0.0556. The summed E-state index contributed by atoms with van der Waals surface area (Å²) in [5.41, 5.74) is 0.0997. The van der Waals surface area contributed by atoms with Crippen LogP contribution >= 0.6 is 0 Å². The second-order valence-corrected chi connectivity index (χ2v) is 4.32. The third-order valence-electron chi connectivity index (χ3n) is 2.04. The van der Waals surface area contributed by atoms with E-state index in [1.54, 1.807) is 6.07 Å². The second-order valence-electron chi connectivity index (χ2n) is 2.96. The van der Waals surface area contributed by atoms with E-state index in [4.69, 9.17) is 4.55 Å². The van der Waals surface area contributed by atoms with E-state index in [0.717, 1.165) is 0 Å². The number of nitrogens with zero attached hydrogens (tertiary/aromatic N) is 1. The first kappa shape index (κ1) is 9.81. The molecular formula is C8H7NO5S. The van der Waals surface area contributed by atoms with Crippen molar-refractivity contribution < 1.29 is 23.3 Å². The Bertz CT molecular complexity index is 628. The van der Waals surface area contributed by atoms with Gasteiger partial charge in [0, 0.05) is 5.39 Å². The summed E-state index contributed by atoms with van der Waals surface area (Å²) in [6.07, 6.45) is 0. The largest absolute Gasteiger partial charge is 0.491 e. The van der Waals surface area contributed by atoms with Gasteiger partial charge < -0.3 is 10.3 Å². The lowest BCUT2D eigenvalue weighted by Gasteiger charge is -1.95. The van der Waals surface area contributed by atoms with Gasteiger partial charge in [-0.25, -0.2) is 0 Å². The van der Waals surface area contributed by atoms with Gasteiger partial charge in [0.15, 0.2) is 4.90 Å². The molecule has 0 fully saturated rings. The third kappa shape index (κ3) is 1.32. The lowest BCUT2D eigenvalue weighted by atomic mass is 10.2. The molecule has 2 rings (SSSR count). The van der Waals surface area contributed by atoms with Crippen LogP contribution in [0.2, 0.25) is 0 Å². The number of hydrogen-bond acceptors (Lipinski definition) is 4. The molecule has 0 aliphatic heterocycles. The van der Waals surface area contributed by atoms with E-state index in [9.17, 15) is 18.7 Å². The van der Waals surface area contributed by atoms with Gasteiger partial charge in [0.05, 0.1) is 5.52 Å². The standard InChI is InChI=1S/C8H7NO5S/c10-8-7(15(12,13)14)5-3-1-2-4-6(5)9(8)11/h1-4,10-11H,(H,12,13,14). The Morgan fingerprint density at radius 2 is 1.80 bits per heavy atom. The van der Waals surface area contributed by atoms with Crippen LogP contribution in [0.3, 0.4) is 0 Å². The van der Waals surface area contributed by atoms with E-state index in [1.165, 1.54) is 18.2 Å². The van der Waals surface area contributed by atoms with Crippen LogP contribution in [0.1, 0.15) is 0 Å². The van der Waals surface area contributed by atoms with Crippen LogP contribution in [-0.2, 0) is 10.1 Å². The predicted molar refractivity (Wildman–Crippen MR) is 50.6 cm³/mol. The highest BCUT2D eigenvalue weighted by Crippen LogP contribution is 2.33. The van der Waals surface area contributed by atoms with E-state index >= 15 is 0 Å². The first-order valence-corrected chi connectivity index (χ1v) is 5.36. The maximum atomic E-state index is 11.0. The average molecular weight is 229 g/mol. The fourth-order valence-corrected chi connectivity index (χ4v) is 2.20. The van der Waals surface area contributed by atoms with Crippen LogP contribution < -0.4 is 0 Å². The van der Waals surface area contributed by atoms with Gasteiger partial charge in [-0.3, -0.25) is 4.55 Å². The SMILES string of the molecule is O=S(=O)(O)c1c(O)n(O)c2ccccc12. The number of fused-ring (bicyclic) bond motifs is 1. The number of rotatable bonds is 1. The van der Waals surface area contributed by atoms with Crippen molar-refractivity contribution in [3.8, 4) is 5.88 Å². The molecule has 1 heterocycles. The lowest BCUT2D eigenvalue weighted by Crippen LogP contribution is -1.97. The topological polar surface area (TPSA) is 99.8 Å². The number of benzene rings is 1. The third-order valence-corrected chi connectivity index (χ3v) is 2.96. The molecular weight excluding hydrogens is 222 g/mol. The van der Waals surface area contributed by atoms with Gasteiger partial charge in [-0.2, -0.15) is 13.1 Å². The summed E-state index contributed by atoms with van der Waals surface area (Å²) in [5, 5.41) is 18.7. The minimum atomic E-state index is -4.57. The van der Waals surface area contributed by atoms with Crippen molar-refractivity contribution in [2.45, 2.75) is 4.90 Å². The lowest BCUT2D eigenvalue weighted by molar-refractivity contribution is 0.164. The quantitative estimate of drug-likeness (QED) is 0.496. The van der Waals surface area contributed by atoms with E-state index in [1.807, 2.05) is 0 Å². The van der Waals surface area contributed by atoms with Gasteiger partial charge in [0.1, 0.15) is 0 Å². The summed E-state index contributed by atoms with van der Waals surface area (Å²) < 4.78 is 31.1. The number of aromatic hydroxyl groups is 1.